The maximum absolute atomic E-state index is 12.2. The van der Waals surface area contributed by atoms with Gasteiger partial charge in [-0.3, -0.25) is 13.7 Å². The van der Waals surface area contributed by atoms with Crippen molar-refractivity contribution < 1.29 is 27.9 Å². The molecular weight excluding hydrogens is 468 g/mol. The van der Waals surface area contributed by atoms with Gasteiger partial charge in [-0.2, -0.15) is 0 Å². The van der Waals surface area contributed by atoms with Crippen LogP contribution in [0.3, 0.4) is 0 Å². The molecule has 2 atom stereocenters. The summed E-state index contributed by atoms with van der Waals surface area (Å²) in [4.78, 5) is 24.1. The zero-order valence-electron chi connectivity index (χ0n) is 18.9. The molecule has 8 nitrogen and oxygen atoms in total. The average Bonchev–Trinajstić information content (AvgIpc) is 3.21. The molecule has 0 aliphatic heterocycles. The largest absolute Gasteiger partial charge is 0.480 e. The van der Waals surface area contributed by atoms with Gasteiger partial charge in [-0.1, -0.05) is 48.5 Å². The zero-order chi connectivity index (χ0) is 24.8. The van der Waals surface area contributed by atoms with Crippen LogP contribution in [0.2, 0.25) is 0 Å². The molecule has 4 aromatic rings. The number of carboxylic acid groups (broad SMARTS) is 1. The Labute approximate surface area is 205 Å². The van der Waals surface area contributed by atoms with Gasteiger partial charge in [-0.25, -0.2) is 9.00 Å². The Morgan fingerprint density at radius 3 is 2.40 bits per heavy atom. The first-order valence-electron chi connectivity index (χ1n) is 11.3. The molecule has 0 fully saturated rings. The molecule has 3 N–H and O–H groups in total. The van der Waals surface area contributed by atoms with E-state index in [0.29, 0.717) is 36.2 Å². The van der Waals surface area contributed by atoms with Gasteiger partial charge in [-0.05, 0) is 49.1 Å². The lowest BCUT2D eigenvalue weighted by Crippen LogP contribution is -2.42. The smallest absolute Gasteiger partial charge is 0.327 e. The summed E-state index contributed by atoms with van der Waals surface area (Å²) in [6, 6.07) is 20.5. The second-order valence-corrected chi connectivity index (χ2v) is 9.05. The molecule has 0 aliphatic rings. The van der Waals surface area contributed by atoms with Gasteiger partial charge >= 0.3 is 5.97 Å². The molecule has 4 rings (SSSR count). The second kappa shape index (κ2) is 11.2. The fourth-order valence-corrected chi connectivity index (χ4v) is 4.81. The summed E-state index contributed by atoms with van der Waals surface area (Å²) >= 11 is -2.55. The first kappa shape index (κ1) is 24.4. The van der Waals surface area contributed by atoms with Gasteiger partial charge < -0.3 is 14.8 Å². The molecule has 182 valence electrons. The van der Waals surface area contributed by atoms with Crippen molar-refractivity contribution in [2.24, 2.45) is 0 Å². The zero-order valence-corrected chi connectivity index (χ0v) is 19.7. The summed E-state index contributed by atoms with van der Waals surface area (Å²) in [6.45, 7) is 0.396. The summed E-state index contributed by atoms with van der Waals surface area (Å²) in [5.74, 6) is -1.30. The van der Waals surface area contributed by atoms with Gasteiger partial charge in [0.05, 0.1) is 12.1 Å². The van der Waals surface area contributed by atoms with Crippen LogP contribution in [0.15, 0.2) is 77.2 Å². The number of amides is 1. The third kappa shape index (κ3) is 5.87. The maximum atomic E-state index is 12.2. The predicted molar refractivity (Wildman–Crippen MR) is 135 cm³/mol. The standard InChI is InChI=1S/C26H26N2O6S/c29-25(16-18-8-2-1-3-9-18)27-15-7-6-11-22(26(30)31)28(35(32)33)19-13-14-24-21(17-19)20-10-4-5-12-23(20)34-24/h1-5,8-10,12-14,17,22H,6-7,11,15-16H2,(H,27,29)(H,30,31)(H,32,33). The maximum Gasteiger partial charge on any atom is 0.327 e. The molecule has 2 unspecified atom stereocenters. The van der Waals surface area contributed by atoms with E-state index in [-0.39, 0.29) is 18.7 Å². The van der Waals surface area contributed by atoms with Gasteiger partial charge in [0.25, 0.3) is 11.3 Å². The van der Waals surface area contributed by atoms with E-state index < -0.39 is 23.3 Å². The van der Waals surface area contributed by atoms with Crippen LogP contribution in [-0.2, 0) is 27.3 Å². The highest BCUT2D eigenvalue weighted by Crippen LogP contribution is 2.33. The lowest BCUT2D eigenvalue weighted by atomic mass is 10.1. The van der Waals surface area contributed by atoms with Crippen LogP contribution in [0.5, 0.6) is 0 Å². The monoisotopic (exact) mass is 494 g/mol. The van der Waals surface area contributed by atoms with Crippen LogP contribution in [0.4, 0.5) is 5.69 Å². The minimum atomic E-state index is -2.55. The number of carbonyl (C=O) groups is 2. The molecule has 0 saturated carbocycles. The van der Waals surface area contributed by atoms with E-state index in [4.69, 9.17) is 4.42 Å². The van der Waals surface area contributed by atoms with Crippen molar-refractivity contribution in [3.05, 3.63) is 78.4 Å². The van der Waals surface area contributed by atoms with Crippen molar-refractivity contribution in [1.29, 1.82) is 0 Å². The minimum absolute atomic E-state index is 0.107. The molecule has 35 heavy (non-hydrogen) atoms. The lowest BCUT2D eigenvalue weighted by Gasteiger charge is -2.27. The van der Waals surface area contributed by atoms with E-state index in [1.165, 1.54) is 0 Å². The van der Waals surface area contributed by atoms with Gasteiger partial charge in [0.15, 0.2) is 0 Å². The van der Waals surface area contributed by atoms with Crippen LogP contribution in [0, 0.1) is 0 Å². The third-order valence-corrected chi connectivity index (χ3v) is 6.59. The average molecular weight is 495 g/mol. The van der Waals surface area contributed by atoms with E-state index >= 15 is 0 Å². The highest BCUT2D eigenvalue weighted by molar-refractivity contribution is 7.80. The summed E-state index contributed by atoms with van der Waals surface area (Å²) in [7, 11) is 0. The van der Waals surface area contributed by atoms with Gasteiger partial charge in [-0.15, -0.1) is 0 Å². The van der Waals surface area contributed by atoms with Crippen LogP contribution < -0.4 is 9.62 Å². The predicted octanol–water partition coefficient (Wildman–Crippen LogP) is 4.51. The van der Waals surface area contributed by atoms with Crippen molar-refractivity contribution in [1.82, 2.24) is 5.32 Å². The molecule has 1 amide bonds. The Kier molecular flexibility index (Phi) is 7.79. The normalized spacial score (nSPS) is 12.9. The van der Waals surface area contributed by atoms with E-state index in [0.717, 1.165) is 20.6 Å². The summed E-state index contributed by atoms with van der Waals surface area (Å²) < 4.78 is 29.0. The van der Waals surface area contributed by atoms with Crippen molar-refractivity contribution in [3.63, 3.8) is 0 Å². The van der Waals surface area contributed by atoms with Crippen molar-refractivity contribution >= 4 is 50.8 Å². The van der Waals surface area contributed by atoms with E-state index in [9.17, 15) is 23.5 Å². The molecule has 1 aromatic heterocycles. The van der Waals surface area contributed by atoms with Crippen molar-refractivity contribution in [3.8, 4) is 0 Å². The molecule has 0 spiro atoms. The highest BCUT2D eigenvalue weighted by Gasteiger charge is 2.30. The number of para-hydroxylation sites is 1. The Hall–Kier alpha value is -3.69. The number of nitrogens with one attached hydrogen (secondary N) is 1. The van der Waals surface area contributed by atoms with Crippen LogP contribution in [0.1, 0.15) is 24.8 Å². The lowest BCUT2D eigenvalue weighted by molar-refractivity contribution is -0.138. The number of carbonyl (C=O) groups excluding carboxylic acids is 1. The molecule has 0 saturated heterocycles. The number of rotatable bonds is 11. The molecule has 0 aliphatic carbocycles. The number of anilines is 1. The van der Waals surface area contributed by atoms with Gasteiger partial charge in [0.2, 0.25) is 5.91 Å². The fraction of sp³-hybridized carbons (Fsp3) is 0.231. The first-order valence-corrected chi connectivity index (χ1v) is 12.4. The highest BCUT2D eigenvalue weighted by atomic mass is 32.2. The third-order valence-electron chi connectivity index (χ3n) is 5.79. The molecule has 9 heteroatoms. The number of furan rings is 1. The van der Waals surface area contributed by atoms with Crippen molar-refractivity contribution in [2.45, 2.75) is 31.7 Å². The minimum Gasteiger partial charge on any atom is -0.480 e. The number of aliphatic carboxylic acids is 1. The molecule has 0 bridgehead atoms. The molecular formula is C26H26N2O6S. The Bertz CT molecular complexity index is 1350. The summed E-state index contributed by atoms with van der Waals surface area (Å²) in [6.07, 6.45) is 1.41. The fourth-order valence-electron chi connectivity index (χ4n) is 4.11. The Morgan fingerprint density at radius 1 is 0.943 bits per heavy atom. The topological polar surface area (TPSA) is 120 Å². The SMILES string of the molecule is O=C(Cc1ccccc1)NCCCCC(C(=O)O)N(c1ccc2oc3ccccc3c2c1)S(=O)O. The van der Waals surface area contributed by atoms with Gasteiger partial charge in [0.1, 0.15) is 17.2 Å². The number of fused-ring (bicyclic) bond motifs is 3. The Morgan fingerprint density at radius 2 is 1.66 bits per heavy atom. The number of hydrogen-bond acceptors (Lipinski definition) is 4. The van der Waals surface area contributed by atoms with Crippen LogP contribution >= 0.6 is 0 Å². The Balaban J connectivity index is 1.41. The number of carboxylic acids is 1. The van der Waals surface area contributed by atoms with E-state index in [1.807, 2.05) is 54.6 Å². The van der Waals surface area contributed by atoms with Gasteiger partial charge in [0, 0.05) is 17.3 Å². The molecule has 1 heterocycles. The summed E-state index contributed by atoms with van der Waals surface area (Å²) in [5, 5.41) is 14.2. The number of benzene rings is 3. The number of unbranched alkanes of at least 4 members (excludes halogenated alkanes) is 1. The quantitative estimate of drug-likeness (QED) is 0.208. The van der Waals surface area contributed by atoms with Crippen LogP contribution in [0.25, 0.3) is 21.9 Å². The van der Waals surface area contributed by atoms with E-state index in [2.05, 4.69) is 5.32 Å². The molecule has 0 radical (unpaired) electrons. The second-order valence-electron chi connectivity index (χ2n) is 8.20. The van der Waals surface area contributed by atoms with Crippen LogP contribution in [-0.4, -0.2) is 38.3 Å². The van der Waals surface area contributed by atoms with E-state index in [1.54, 1.807) is 18.2 Å². The number of nitrogens with zero attached hydrogens (tertiary/aromatic N) is 1. The first-order chi connectivity index (χ1) is 16.9. The van der Waals surface area contributed by atoms with Crippen molar-refractivity contribution in [2.75, 3.05) is 10.8 Å². The summed E-state index contributed by atoms with van der Waals surface area (Å²) in [5.41, 5.74) is 2.52. The molecule has 3 aromatic carbocycles. The number of hydrogen-bond donors (Lipinski definition) is 3.